The molecule has 2 heterocycles. The molecule has 0 N–H and O–H groups in total. The number of rotatable bonds is 3. The summed E-state index contributed by atoms with van der Waals surface area (Å²) in [7, 11) is 3.25. The zero-order chi connectivity index (χ0) is 14.8. The molecule has 2 aromatic rings. The van der Waals surface area contributed by atoms with Gasteiger partial charge >= 0.3 is 0 Å². The highest BCUT2D eigenvalue weighted by Crippen LogP contribution is 2.33. The predicted molar refractivity (Wildman–Crippen MR) is 80.4 cm³/mol. The van der Waals surface area contributed by atoms with E-state index in [4.69, 9.17) is 14.2 Å². The SMILES string of the molecule is COc1cc2nc(N3CCOCC3)nc(C)c2cc1OC. The van der Waals surface area contributed by atoms with Crippen LogP contribution in [0, 0.1) is 6.92 Å². The van der Waals surface area contributed by atoms with E-state index in [9.17, 15) is 0 Å². The minimum Gasteiger partial charge on any atom is -0.493 e. The lowest BCUT2D eigenvalue weighted by atomic mass is 10.1. The van der Waals surface area contributed by atoms with Crippen LogP contribution in [0.15, 0.2) is 12.1 Å². The summed E-state index contributed by atoms with van der Waals surface area (Å²) in [6, 6.07) is 3.82. The van der Waals surface area contributed by atoms with Crippen molar-refractivity contribution < 1.29 is 14.2 Å². The second kappa shape index (κ2) is 5.73. The Kier molecular flexibility index (Phi) is 3.79. The first-order valence-corrected chi connectivity index (χ1v) is 6.96. The third-order valence-electron chi connectivity index (χ3n) is 3.67. The molecule has 0 radical (unpaired) electrons. The minimum absolute atomic E-state index is 0.677. The maximum absolute atomic E-state index is 5.37. The number of aromatic nitrogens is 2. The number of anilines is 1. The van der Waals surface area contributed by atoms with Gasteiger partial charge in [-0.25, -0.2) is 9.97 Å². The summed E-state index contributed by atoms with van der Waals surface area (Å²) in [5.41, 5.74) is 1.80. The second-order valence-electron chi connectivity index (χ2n) is 4.93. The molecule has 1 aromatic heterocycles. The van der Waals surface area contributed by atoms with E-state index in [2.05, 4.69) is 14.9 Å². The first kappa shape index (κ1) is 13.9. The van der Waals surface area contributed by atoms with E-state index in [1.807, 2.05) is 19.1 Å². The Labute approximate surface area is 123 Å². The fraction of sp³-hybridized carbons (Fsp3) is 0.467. The Balaban J connectivity index is 2.09. The number of aryl methyl sites for hydroxylation is 1. The Hall–Kier alpha value is -2.08. The van der Waals surface area contributed by atoms with Gasteiger partial charge in [0, 0.05) is 24.5 Å². The molecule has 0 bridgehead atoms. The van der Waals surface area contributed by atoms with Gasteiger partial charge in [0.05, 0.1) is 38.6 Å². The zero-order valence-corrected chi connectivity index (χ0v) is 12.5. The van der Waals surface area contributed by atoms with Gasteiger partial charge in [-0.2, -0.15) is 0 Å². The summed E-state index contributed by atoms with van der Waals surface area (Å²) in [4.78, 5) is 11.4. The van der Waals surface area contributed by atoms with Crippen LogP contribution in [-0.2, 0) is 4.74 Å². The van der Waals surface area contributed by atoms with Crippen molar-refractivity contribution in [1.82, 2.24) is 9.97 Å². The molecule has 3 rings (SSSR count). The fourth-order valence-electron chi connectivity index (χ4n) is 2.50. The topological polar surface area (TPSA) is 56.7 Å². The van der Waals surface area contributed by atoms with Crippen molar-refractivity contribution in [3.05, 3.63) is 17.8 Å². The highest BCUT2D eigenvalue weighted by molar-refractivity contribution is 5.85. The molecule has 21 heavy (non-hydrogen) atoms. The lowest BCUT2D eigenvalue weighted by Gasteiger charge is -2.27. The van der Waals surface area contributed by atoms with Crippen molar-refractivity contribution in [2.24, 2.45) is 0 Å². The number of ether oxygens (including phenoxy) is 3. The molecule has 1 aromatic carbocycles. The summed E-state index contributed by atoms with van der Waals surface area (Å²) in [5, 5.41) is 0.977. The maximum Gasteiger partial charge on any atom is 0.226 e. The van der Waals surface area contributed by atoms with Crippen LogP contribution in [0.3, 0.4) is 0 Å². The van der Waals surface area contributed by atoms with Gasteiger partial charge in [0.2, 0.25) is 5.95 Å². The van der Waals surface area contributed by atoms with Crippen LogP contribution in [0.1, 0.15) is 5.69 Å². The van der Waals surface area contributed by atoms with E-state index >= 15 is 0 Å². The average molecular weight is 289 g/mol. The molecule has 6 nitrogen and oxygen atoms in total. The summed E-state index contributed by atoms with van der Waals surface area (Å²) >= 11 is 0. The molecular weight excluding hydrogens is 270 g/mol. The molecule has 0 spiro atoms. The minimum atomic E-state index is 0.677. The van der Waals surface area contributed by atoms with E-state index in [1.54, 1.807) is 14.2 Å². The smallest absolute Gasteiger partial charge is 0.226 e. The van der Waals surface area contributed by atoms with Crippen LogP contribution in [0.2, 0.25) is 0 Å². The van der Waals surface area contributed by atoms with Crippen LogP contribution < -0.4 is 14.4 Å². The summed E-state index contributed by atoms with van der Waals surface area (Å²) < 4.78 is 16.1. The van der Waals surface area contributed by atoms with Crippen LogP contribution >= 0.6 is 0 Å². The van der Waals surface area contributed by atoms with Gasteiger partial charge in [0.25, 0.3) is 0 Å². The van der Waals surface area contributed by atoms with Gasteiger partial charge in [-0.1, -0.05) is 0 Å². The lowest BCUT2D eigenvalue weighted by Crippen LogP contribution is -2.37. The highest BCUT2D eigenvalue weighted by Gasteiger charge is 2.17. The monoisotopic (exact) mass is 289 g/mol. The van der Waals surface area contributed by atoms with Crippen molar-refractivity contribution in [1.29, 1.82) is 0 Å². The van der Waals surface area contributed by atoms with Gasteiger partial charge < -0.3 is 19.1 Å². The highest BCUT2D eigenvalue weighted by atomic mass is 16.5. The third kappa shape index (κ3) is 2.58. The fourth-order valence-corrected chi connectivity index (χ4v) is 2.50. The maximum atomic E-state index is 5.37. The van der Waals surface area contributed by atoms with Crippen molar-refractivity contribution >= 4 is 16.9 Å². The average Bonchev–Trinajstić information content (AvgIpc) is 2.54. The summed E-state index contributed by atoms with van der Waals surface area (Å²) in [6.07, 6.45) is 0. The molecule has 1 fully saturated rings. The van der Waals surface area contributed by atoms with Crippen molar-refractivity contribution in [3.63, 3.8) is 0 Å². The van der Waals surface area contributed by atoms with Crippen molar-refractivity contribution in [2.75, 3.05) is 45.4 Å². The molecule has 1 saturated heterocycles. The number of nitrogens with zero attached hydrogens (tertiary/aromatic N) is 3. The van der Waals surface area contributed by atoms with Crippen LogP contribution in [0.5, 0.6) is 11.5 Å². The second-order valence-corrected chi connectivity index (χ2v) is 4.93. The molecule has 0 atom stereocenters. The van der Waals surface area contributed by atoms with E-state index in [-0.39, 0.29) is 0 Å². The first-order valence-electron chi connectivity index (χ1n) is 6.96. The molecule has 112 valence electrons. The Morgan fingerprint density at radius 2 is 1.71 bits per heavy atom. The molecule has 0 saturated carbocycles. The van der Waals surface area contributed by atoms with Crippen LogP contribution in [-0.4, -0.2) is 50.5 Å². The van der Waals surface area contributed by atoms with Gasteiger partial charge in [0.1, 0.15) is 0 Å². The molecule has 0 unspecified atom stereocenters. The summed E-state index contributed by atoms with van der Waals surface area (Å²) in [5.74, 6) is 2.11. The standard InChI is InChI=1S/C15H19N3O3/c1-10-11-8-13(19-2)14(20-3)9-12(11)17-15(16-10)18-4-6-21-7-5-18/h8-9H,4-7H2,1-3H3. The number of hydrogen-bond acceptors (Lipinski definition) is 6. The van der Waals surface area contributed by atoms with E-state index in [0.29, 0.717) is 24.7 Å². The van der Waals surface area contributed by atoms with E-state index < -0.39 is 0 Å². The predicted octanol–water partition coefficient (Wildman–Crippen LogP) is 1.79. The Morgan fingerprint density at radius 3 is 2.38 bits per heavy atom. The van der Waals surface area contributed by atoms with E-state index in [0.717, 1.165) is 35.6 Å². The largest absolute Gasteiger partial charge is 0.493 e. The lowest BCUT2D eigenvalue weighted by molar-refractivity contribution is 0.122. The number of hydrogen-bond donors (Lipinski definition) is 0. The number of fused-ring (bicyclic) bond motifs is 1. The Morgan fingerprint density at radius 1 is 1.05 bits per heavy atom. The quantitative estimate of drug-likeness (QED) is 0.858. The summed E-state index contributed by atoms with van der Waals surface area (Å²) in [6.45, 7) is 5.05. The van der Waals surface area contributed by atoms with Crippen molar-refractivity contribution in [3.8, 4) is 11.5 Å². The molecule has 0 amide bonds. The van der Waals surface area contributed by atoms with Gasteiger partial charge in [-0.15, -0.1) is 0 Å². The van der Waals surface area contributed by atoms with Gasteiger partial charge in [-0.05, 0) is 13.0 Å². The molecular formula is C15H19N3O3. The van der Waals surface area contributed by atoms with Crippen LogP contribution in [0.4, 0.5) is 5.95 Å². The molecule has 6 heteroatoms. The van der Waals surface area contributed by atoms with Gasteiger partial charge in [-0.3, -0.25) is 0 Å². The Bertz CT molecular complexity index is 654. The number of morpholine rings is 1. The number of methoxy groups -OCH3 is 2. The molecule has 0 aliphatic carbocycles. The molecule has 1 aliphatic heterocycles. The van der Waals surface area contributed by atoms with E-state index in [1.165, 1.54) is 0 Å². The van der Waals surface area contributed by atoms with Gasteiger partial charge in [0.15, 0.2) is 11.5 Å². The third-order valence-corrected chi connectivity index (χ3v) is 3.67. The van der Waals surface area contributed by atoms with Crippen LogP contribution in [0.25, 0.3) is 10.9 Å². The van der Waals surface area contributed by atoms with Crippen molar-refractivity contribution in [2.45, 2.75) is 6.92 Å². The molecule has 1 aliphatic rings. The zero-order valence-electron chi connectivity index (χ0n) is 12.5. The number of benzene rings is 1. The first-order chi connectivity index (χ1) is 10.2. The normalized spacial score (nSPS) is 15.3.